The van der Waals surface area contributed by atoms with Gasteiger partial charge in [-0.25, -0.2) is 4.39 Å². The minimum absolute atomic E-state index is 0.0461. The van der Waals surface area contributed by atoms with E-state index >= 15 is 0 Å². The third-order valence-electron chi connectivity index (χ3n) is 1.37. The van der Waals surface area contributed by atoms with Crippen LogP contribution in [0.5, 0.6) is 0 Å². The standard InChI is InChI=1S/C8H6FNO4S/c1-5(11)14-15-8-4-6(9)2-3-7(8)10(12)13/h2-4H,1H3. The monoisotopic (exact) mass is 231 g/mol. The van der Waals surface area contributed by atoms with Crippen molar-refractivity contribution in [3.8, 4) is 0 Å². The van der Waals surface area contributed by atoms with E-state index < -0.39 is 16.7 Å². The van der Waals surface area contributed by atoms with Crippen LogP contribution in [0.2, 0.25) is 0 Å². The molecule has 7 heteroatoms. The van der Waals surface area contributed by atoms with E-state index in [1.807, 2.05) is 0 Å². The van der Waals surface area contributed by atoms with E-state index in [4.69, 9.17) is 0 Å². The Labute approximate surface area is 88.6 Å². The van der Waals surface area contributed by atoms with Gasteiger partial charge in [-0.15, -0.1) is 0 Å². The Morgan fingerprint density at radius 1 is 1.60 bits per heavy atom. The van der Waals surface area contributed by atoms with Gasteiger partial charge >= 0.3 is 5.97 Å². The number of nitrogens with zero attached hydrogens (tertiary/aromatic N) is 1. The van der Waals surface area contributed by atoms with Crippen LogP contribution in [0, 0.1) is 15.9 Å². The zero-order valence-electron chi connectivity index (χ0n) is 7.60. The van der Waals surface area contributed by atoms with Crippen LogP contribution in [-0.2, 0) is 8.98 Å². The minimum atomic E-state index is -0.675. The van der Waals surface area contributed by atoms with Gasteiger partial charge in [0.05, 0.1) is 4.92 Å². The number of nitro benzene ring substituents is 1. The normalized spacial score (nSPS) is 9.73. The third kappa shape index (κ3) is 3.21. The van der Waals surface area contributed by atoms with Gasteiger partial charge in [0.25, 0.3) is 5.69 Å². The lowest BCUT2D eigenvalue weighted by atomic mass is 10.3. The van der Waals surface area contributed by atoms with Gasteiger partial charge in [0.2, 0.25) is 0 Å². The Bertz CT molecular complexity index is 410. The number of carbonyl (C=O) groups excluding carboxylic acids is 1. The van der Waals surface area contributed by atoms with Crippen LogP contribution in [0.3, 0.4) is 0 Å². The summed E-state index contributed by atoms with van der Waals surface area (Å²) in [6, 6.07) is 2.92. The first-order valence-corrected chi connectivity index (χ1v) is 4.54. The number of hydrogen-bond donors (Lipinski definition) is 0. The summed E-state index contributed by atoms with van der Waals surface area (Å²) in [5.41, 5.74) is -0.303. The zero-order chi connectivity index (χ0) is 11.4. The van der Waals surface area contributed by atoms with Crippen molar-refractivity contribution in [2.24, 2.45) is 0 Å². The molecule has 1 aromatic carbocycles. The van der Waals surface area contributed by atoms with Crippen molar-refractivity contribution in [1.29, 1.82) is 0 Å². The molecule has 0 aliphatic carbocycles. The highest BCUT2D eigenvalue weighted by atomic mass is 32.2. The summed E-state index contributed by atoms with van der Waals surface area (Å²) < 4.78 is 17.2. The fourth-order valence-electron chi connectivity index (χ4n) is 0.809. The SMILES string of the molecule is CC(=O)OSc1cc(F)ccc1[N+](=O)[O-]. The average molecular weight is 231 g/mol. The molecule has 0 amide bonds. The summed E-state index contributed by atoms with van der Waals surface area (Å²) in [5, 5.41) is 10.5. The molecule has 1 rings (SSSR count). The zero-order valence-corrected chi connectivity index (χ0v) is 8.41. The molecule has 0 saturated heterocycles. The highest BCUT2D eigenvalue weighted by Gasteiger charge is 2.16. The Kier molecular flexibility index (Phi) is 3.62. The van der Waals surface area contributed by atoms with Gasteiger partial charge in [-0.2, -0.15) is 0 Å². The highest BCUT2D eigenvalue weighted by Crippen LogP contribution is 2.30. The first-order valence-electron chi connectivity index (χ1n) is 3.79. The van der Waals surface area contributed by atoms with E-state index in [0.29, 0.717) is 12.0 Å². The molecule has 0 aliphatic heterocycles. The number of halogens is 1. The van der Waals surface area contributed by atoms with Crippen molar-refractivity contribution in [2.45, 2.75) is 11.8 Å². The molecule has 80 valence electrons. The van der Waals surface area contributed by atoms with Gasteiger partial charge in [0.1, 0.15) is 22.8 Å². The van der Waals surface area contributed by atoms with Gasteiger partial charge in [-0.05, 0) is 12.1 Å². The van der Waals surface area contributed by atoms with Crippen molar-refractivity contribution in [3.05, 3.63) is 34.1 Å². The van der Waals surface area contributed by atoms with Crippen LogP contribution in [0.15, 0.2) is 23.1 Å². The molecule has 0 atom stereocenters. The first kappa shape index (κ1) is 11.4. The van der Waals surface area contributed by atoms with Gasteiger partial charge < -0.3 is 4.18 Å². The fraction of sp³-hybridized carbons (Fsp3) is 0.125. The second kappa shape index (κ2) is 4.74. The van der Waals surface area contributed by atoms with Crippen molar-refractivity contribution in [3.63, 3.8) is 0 Å². The van der Waals surface area contributed by atoms with Crippen molar-refractivity contribution in [2.75, 3.05) is 0 Å². The van der Waals surface area contributed by atoms with Gasteiger partial charge in [-0.1, -0.05) is 0 Å². The number of hydrogen-bond acceptors (Lipinski definition) is 5. The van der Waals surface area contributed by atoms with Gasteiger partial charge in [-0.3, -0.25) is 14.9 Å². The molecule has 0 aromatic heterocycles. The second-order valence-electron chi connectivity index (χ2n) is 2.53. The van der Waals surface area contributed by atoms with Crippen molar-refractivity contribution >= 4 is 23.7 Å². The van der Waals surface area contributed by atoms with Crippen LogP contribution in [0.1, 0.15) is 6.92 Å². The molecule has 15 heavy (non-hydrogen) atoms. The lowest BCUT2D eigenvalue weighted by Crippen LogP contribution is -1.94. The summed E-state index contributed by atoms with van der Waals surface area (Å²) in [5.74, 6) is -1.24. The summed E-state index contributed by atoms with van der Waals surface area (Å²) in [6.45, 7) is 1.15. The maximum absolute atomic E-state index is 12.8. The lowest BCUT2D eigenvalue weighted by molar-refractivity contribution is -0.387. The summed E-state index contributed by atoms with van der Waals surface area (Å²) in [4.78, 5) is 20.3. The fourth-order valence-corrected chi connectivity index (χ4v) is 1.40. The van der Waals surface area contributed by atoms with Crippen molar-refractivity contribution < 1.29 is 18.3 Å². The summed E-state index contributed by atoms with van der Waals surface area (Å²) >= 11 is 0.466. The van der Waals surface area contributed by atoms with E-state index in [1.54, 1.807) is 0 Å². The van der Waals surface area contributed by atoms with Gasteiger partial charge in [0, 0.05) is 13.0 Å². The highest BCUT2D eigenvalue weighted by molar-refractivity contribution is 7.95. The van der Waals surface area contributed by atoms with Crippen LogP contribution >= 0.6 is 12.0 Å². The number of rotatable bonds is 3. The molecular formula is C8H6FNO4S. The van der Waals surface area contributed by atoms with Crippen molar-refractivity contribution in [1.82, 2.24) is 0 Å². The molecule has 5 nitrogen and oxygen atoms in total. The molecule has 0 unspecified atom stereocenters. The van der Waals surface area contributed by atoms with Crippen LogP contribution in [0.4, 0.5) is 10.1 Å². The van der Waals surface area contributed by atoms with E-state index in [-0.39, 0.29) is 10.6 Å². The molecule has 0 heterocycles. The minimum Gasteiger partial charge on any atom is -0.386 e. The Morgan fingerprint density at radius 3 is 2.80 bits per heavy atom. The molecule has 0 N–H and O–H groups in total. The van der Waals surface area contributed by atoms with Crippen LogP contribution in [-0.4, -0.2) is 10.9 Å². The predicted molar refractivity (Wildman–Crippen MR) is 50.7 cm³/mol. The van der Waals surface area contributed by atoms with Gasteiger partial charge in [0.15, 0.2) is 0 Å². The molecule has 0 fully saturated rings. The molecule has 0 bridgehead atoms. The smallest absolute Gasteiger partial charge is 0.315 e. The number of benzene rings is 1. The quantitative estimate of drug-likeness (QED) is 0.453. The Morgan fingerprint density at radius 2 is 2.27 bits per heavy atom. The first-order chi connectivity index (χ1) is 7.00. The van der Waals surface area contributed by atoms with E-state index in [9.17, 15) is 19.3 Å². The molecule has 0 aliphatic rings. The molecule has 0 spiro atoms. The molecule has 0 radical (unpaired) electrons. The molecule has 1 aromatic rings. The largest absolute Gasteiger partial charge is 0.386 e. The summed E-state index contributed by atoms with van der Waals surface area (Å²) in [6.07, 6.45) is 0. The van der Waals surface area contributed by atoms with E-state index in [1.165, 1.54) is 0 Å². The van der Waals surface area contributed by atoms with Crippen LogP contribution < -0.4 is 0 Å². The second-order valence-corrected chi connectivity index (χ2v) is 3.30. The van der Waals surface area contributed by atoms with E-state index in [0.717, 1.165) is 25.1 Å². The van der Waals surface area contributed by atoms with E-state index in [2.05, 4.69) is 4.18 Å². The maximum atomic E-state index is 12.8. The predicted octanol–water partition coefficient (Wildman–Crippen LogP) is 2.30. The average Bonchev–Trinajstić information content (AvgIpc) is 2.14. The molecular weight excluding hydrogens is 225 g/mol. The Balaban J connectivity index is 2.96. The number of carbonyl (C=O) groups is 1. The maximum Gasteiger partial charge on any atom is 0.315 e. The lowest BCUT2D eigenvalue weighted by Gasteiger charge is -2.00. The Hall–Kier alpha value is -1.63. The number of nitro groups is 1. The molecule has 0 saturated carbocycles. The topological polar surface area (TPSA) is 69.4 Å². The summed E-state index contributed by atoms with van der Waals surface area (Å²) in [7, 11) is 0. The van der Waals surface area contributed by atoms with Crippen LogP contribution in [0.25, 0.3) is 0 Å². The third-order valence-corrected chi connectivity index (χ3v) is 2.19.